The highest BCUT2D eigenvalue weighted by Crippen LogP contribution is 2.11. The van der Waals surface area contributed by atoms with Gasteiger partial charge in [-0.2, -0.15) is 0 Å². The van der Waals surface area contributed by atoms with E-state index >= 15 is 0 Å². The van der Waals surface area contributed by atoms with Crippen LogP contribution in [0.1, 0.15) is 26.1 Å². The standard InChI is InChI=1S/C11H21N3O/c1-5-11(2,15)9-13(3)8-10-12-6-7-14(10)4/h6-7,15H,5,8-9H2,1-4H3. The van der Waals surface area contributed by atoms with Crippen LogP contribution < -0.4 is 0 Å². The lowest BCUT2D eigenvalue weighted by molar-refractivity contribution is 0.0210. The molecule has 1 unspecified atom stereocenters. The summed E-state index contributed by atoms with van der Waals surface area (Å²) in [5, 5.41) is 9.92. The summed E-state index contributed by atoms with van der Waals surface area (Å²) in [5.41, 5.74) is -0.611. The minimum atomic E-state index is -0.611. The number of likely N-dealkylation sites (N-methyl/N-ethyl adjacent to an activating group) is 1. The van der Waals surface area contributed by atoms with Crippen molar-refractivity contribution >= 4 is 0 Å². The van der Waals surface area contributed by atoms with Crippen molar-refractivity contribution in [2.75, 3.05) is 13.6 Å². The minimum Gasteiger partial charge on any atom is -0.389 e. The van der Waals surface area contributed by atoms with Gasteiger partial charge < -0.3 is 9.67 Å². The fraction of sp³-hybridized carbons (Fsp3) is 0.727. The first kappa shape index (κ1) is 12.2. The van der Waals surface area contributed by atoms with E-state index in [-0.39, 0.29) is 0 Å². The lowest BCUT2D eigenvalue weighted by atomic mass is 10.0. The molecular weight excluding hydrogens is 190 g/mol. The molecular formula is C11H21N3O. The van der Waals surface area contributed by atoms with Crippen LogP contribution in [0.15, 0.2) is 12.4 Å². The van der Waals surface area contributed by atoms with Gasteiger partial charge in [0.05, 0.1) is 12.1 Å². The Morgan fingerprint density at radius 2 is 2.27 bits per heavy atom. The van der Waals surface area contributed by atoms with E-state index in [1.165, 1.54) is 0 Å². The van der Waals surface area contributed by atoms with E-state index in [2.05, 4.69) is 9.88 Å². The second-order valence-corrected chi connectivity index (χ2v) is 4.48. The Bertz CT molecular complexity index is 307. The molecule has 0 spiro atoms. The maximum atomic E-state index is 9.92. The highest BCUT2D eigenvalue weighted by Gasteiger charge is 2.20. The Kier molecular flexibility index (Phi) is 3.88. The highest BCUT2D eigenvalue weighted by molar-refractivity contribution is 4.91. The molecule has 1 N–H and O–H groups in total. The molecule has 1 heterocycles. The van der Waals surface area contributed by atoms with Gasteiger partial charge in [-0.05, 0) is 20.4 Å². The van der Waals surface area contributed by atoms with Gasteiger partial charge in [-0.25, -0.2) is 4.98 Å². The smallest absolute Gasteiger partial charge is 0.122 e. The first-order chi connectivity index (χ1) is 6.94. The third-order valence-electron chi connectivity index (χ3n) is 2.70. The fourth-order valence-electron chi connectivity index (χ4n) is 1.54. The molecule has 0 aromatic carbocycles. The Hall–Kier alpha value is -0.870. The topological polar surface area (TPSA) is 41.3 Å². The van der Waals surface area contributed by atoms with Crippen LogP contribution in [0.4, 0.5) is 0 Å². The Morgan fingerprint density at radius 3 is 2.73 bits per heavy atom. The molecule has 0 fully saturated rings. The van der Waals surface area contributed by atoms with Crippen LogP contribution in [0.5, 0.6) is 0 Å². The Balaban J connectivity index is 2.50. The SMILES string of the molecule is CCC(C)(O)CN(C)Cc1nccn1C. The number of aryl methyl sites for hydroxylation is 1. The average molecular weight is 211 g/mol. The van der Waals surface area contributed by atoms with E-state index in [1.807, 2.05) is 38.7 Å². The largest absolute Gasteiger partial charge is 0.389 e. The summed E-state index contributed by atoms with van der Waals surface area (Å²) in [6.07, 6.45) is 4.49. The molecule has 0 amide bonds. The Labute approximate surface area is 91.5 Å². The van der Waals surface area contributed by atoms with Crippen molar-refractivity contribution < 1.29 is 5.11 Å². The summed E-state index contributed by atoms with van der Waals surface area (Å²) in [5.74, 6) is 1.02. The molecule has 0 bridgehead atoms. The van der Waals surface area contributed by atoms with Crippen molar-refractivity contribution in [3.8, 4) is 0 Å². The molecule has 0 aliphatic rings. The summed E-state index contributed by atoms with van der Waals surface area (Å²) in [6, 6.07) is 0. The summed E-state index contributed by atoms with van der Waals surface area (Å²) in [4.78, 5) is 6.34. The maximum Gasteiger partial charge on any atom is 0.122 e. The van der Waals surface area contributed by atoms with Gasteiger partial charge in [0.15, 0.2) is 0 Å². The Morgan fingerprint density at radius 1 is 1.60 bits per heavy atom. The zero-order chi connectivity index (χ0) is 11.5. The van der Waals surface area contributed by atoms with E-state index in [0.29, 0.717) is 6.54 Å². The van der Waals surface area contributed by atoms with Crippen molar-refractivity contribution in [1.82, 2.24) is 14.5 Å². The fourth-order valence-corrected chi connectivity index (χ4v) is 1.54. The van der Waals surface area contributed by atoms with Crippen LogP contribution in [0, 0.1) is 0 Å². The molecule has 0 aliphatic heterocycles. The number of hydrogen-bond acceptors (Lipinski definition) is 3. The van der Waals surface area contributed by atoms with Crippen LogP contribution in [0.25, 0.3) is 0 Å². The van der Waals surface area contributed by atoms with Crippen molar-refractivity contribution in [3.05, 3.63) is 18.2 Å². The molecule has 0 aliphatic carbocycles. The first-order valence-corrected chi connectivity index (χ1v) is 5.32. The van der Waals surface area contributed by atoms with Crippen LogP contribution >= 0.6 is 0 Å². The summed E-state index contributed by atoms with van der Waals surface area (Å²) in [7, 11) is 3.98. The van der Waals surface area contributed by atoms with Gasteiger partial charge in [0.1, 0.15) is 5.82 Å². The zero-order valence-electron chi connectivity index (χ0n) is 10.1. The number of imidazole rings is 1. The van der Waals surface area contributed by atoms with Gasteiger partial charge in [-0.15, -0.1) is 0 Å². The van der Waals surface area contributed by atoms with E-state index < -0.39 is 5.60 Å². The molecule has 1 rings (SSSR count). The second-order valence-electron chi connectivity index (χ2n) is 4.48. The molecule has 15 heavy (non-hydrogen) atoms. The van der Waals surface area contributed by atoms with Gasteiger partial charge in [0.2, 0.25) is 0 Å². The predicted octanol–water partition coefficient (Wildman–Crippen LogP) is 1.01. The maximum absolute atomic E-state index is 9.92. The van der Waals surface area contributed by atoms with E-state index in [1.54, 1.807) is 6.20 Å². The van der Waals surface area contributed by atoms with Gasteiger partial charge in [-0.1, -0.05) is 6.92 Å². The molecule has 1 aromatic heterocycles. The molecule has 0 radical (unpaired) electrons. The minimum absolute atomic E-state index is 0.611. The normalized spacial score (nSPS) is 15.6. The average Bonchev–Trinajstić information content (AvgIpc) is 2.51. The van der Waals surface area contributed by atoms with Crippen LogP contribution in [-0.2, 0) is 13.6 Å². The van der Waals surface area contributed by atoms with Crippen molar-refractivity contribution in [3.63, 3.8) is 0 Å². The third-order valence-corrected chi connectivity index (χ3v) is 2.70. The van der Waals surface area contributed by atoms with Crippen molar-refractivity contribution in [1.29, 1.82) is 0 Å². The third kappa shape index (κ3) is 3.64. The summed E-state index contributed by atoms with van der Waals surface area (Å²) >= 11 is 0. The molecule has 0 saturated heterocycles. The monoisotopic (exact) mass is 211 g/mol. The summed E-state index contributed by atoms with van der Waals surface area (Å²) < 4.78 is 2.00. The second kappa shape index (κ2) is 4.77. The molecule has 4 nitrogen and oxygen atoms in total. The van der Waals surface area contributed by atoms with E-state index in [0.717, 1.165) is 18.8 Å². The van der Waals surface area contributed by atoms with Crippen LogP contribution in [0.3, 0.4) is 0 Å². The van der Waals surface area contributed by atoms with Gasteiger partial charge >= 0.3 is 0 Å². The van der Waals surface area contributed by atoms with Crippen molar-refractivity contribution in [2.24, 2.45) is 7.05 Å². The molecule has 1 aromatic rings. The first-order valence-electron chi connectivity index (χ1n) is 5.32. The number of rotatable bonds is 5. The predicted molar refractivity (Wildman–Crippen MR) is 60.5 cm³/mol. The quantitative estimate of drug-likeness (QED) is 0.790. The number of nitrogens with zero attached hydrogens (tertiary/aromatic N) is 3. The number of hydrogen-bond donors (Lipinski definition) is 1. The van der Waals surface area contributed by atoms with Crippen LogP contribution in [-0.4, -0.2) is 38.8 Å². The number of aliphatic hydroxyl groups is 1. The lowest BCUT2D eigenvalue weighted by Crippen LogP contribution is -2.38. The van der Waals surface area contributed by atoms with Gasteiger partial charge in [0.25, 0.3) is 0 Å². The highest BCUT2D eigenvalue weighted by atomic mass is 16.3. The summed E-state index contributed by atoms with van der Waals surface area (Å²) in [6.45, 7) is 5.28. The van der Waals surface area contributed by atoms with Gasteiger partial charge in [-0.3, -0.25) is 4.90 Å². The molecule has 86 valence electrons. The van der Waals surface area contributed by atoms with E-state index in [4.69, 9.17) is 0 Å². The zero-order valence-corrected chi connectivity index (χ0v) is 10.1. The lowest BCUT2D eigenvalue weighted by Gasteiger charge is -2.27. The number of aromatic nitrogens is 2. The van der Waals surface area contributed by atoms with Crippen LogP contribution in [0.2, 0.25) is 0 Å². The van der Waals surface area contributed by atoms with Crippen molar-refractivity contribution in [2.45, 2.75) is 32.4 Å². The van der Waals surface area contributed by atoms with E-state index in [9.17, 15) is 5.11 Å². The molecule has 0 saturated carbocycles. The molecule has 1 atom stereocenters. The van der Waals surface area contributed by atoms with Gasteiger partial charge in [0, 0.05) is 26.0 Å². The molecule has 4 heteroatoms.